The molecule has 1 fully saturated rings. The molecule has 0 saturated heterocycles. The van der Waals surface area contributed by atoms with Crippen molar-refractivity contribution in [1.82, 2.24) is 10.3 Å². The number of amides is 1. The predicted molar refractivity (Wildman–Crippen MR) is 79.3 cm³/mol. The van der Waals surface area contributed by atoms with E-state index < -0.39 is 10.8 Å². The molecular formula is C14H18ClN3O3. The van der Waals surface area contributed by atoms with Crippen molar-refractivity contribution in [2.45, 2.75) is 39.2 Å². The largest absolute Gasteiger partial charge is 0.349 e. The van der Waals surface area contributed by atoms with Gasteiger partial charge in [0.05, 0.1) is 10.5 Å². The van der Waals surface area contributed by atoms with Gasteiger partial charge in [-0.1, -0.05) is 25.4 Å². The molecule has 3 unspecified atom stereocenters. The first-order valence-corrected chi connectivity index (χ1v) is 7.37. The van der Waals surface area contributed by atoms with Crippen LogP contribution in [0.3, 0.4) is 0 Å². The summed E-state index contributed by atoms with van der Waals surface area (Å²) in [5.41, 5.74) is -0.188. The zero-order valence-corrected chi connectivity index (χ0v) is 12.8. The van der Waals surface area contributed by atoms with Gasteiger partial charge in [0, 0.05) is 12.1 Å². The summed E-state index contributed by atoms with van der Waals surface area (Å²) >= 11 is 5.87. The molecule has 1 amide bonds. The van der Waals surface area contributed by atoms with Crippen LogP contribution in [-0.2, 0) is 0 Å². The van der Waals surface area contributed by atoms with Gasteiger partial charge in [0.15, 0.2) is 0 Å². The minimum atomic E-state index is -0.593. The van der Waals surface area contributed by atoms with E-state index in [9.17, 15) is 14.9 Å². The minimum absolute atomic E-state index is 0.0182. The molecule has 1 aliphatic carbocycles. The molecule has 6 nitrogen and oxygen atoms in total. The Morgan fingerprint density at radius 1 is 1.43 bits per heavy atom. The van der Waals surface area contributed by atoms with Crippen molar-refractivity contribution in [2.24, 2.45) is 11.8 Å². The first-order valence-electron chi connectivity index (χ1n) is 6.99. The highest BCUT2D eigenvalue weighted by atomic mass is 35.5. The molecule has 0 aromatic carbocycles. The maximum Gasteiger partial charge on any atom is 0.288 e. The number of carbonyl (C=O) groups excluding carboxylic acids is 1. The summed E-state index contributed by atoms with van der Waals surface area (Å²) in [7, 11) is 0. The van der Waals surface area contributed by atoms with Gasteiger partial charge >= 0.3 is 0 Å². The Morgan fingerprint density at radius 2 is 2.14 bits per heavy atom. The molecule has 0 bridgehead atoms. The van der Waals surface area contributed by atoms with Gasteiger partial charge in [0.1, 0.15) is 11.3 Å². The molecule has 1 aromatic heterocycles. The number of nitrogens with one attached hydrogen (secondary N) is 1. The fraction of sp³-hybridized carbons (Fsp3) is 0.571. The highest BCUT2D eigenvalue weighted by Crippen LogP contribution is 2.29. The van der Waals surface area contributed by atoms with Crippen LogP contribution >= 0.6 is 11.6 Å². The average Bonchev–Trinajstić information content (AvgIpc) is 2.43. The third-order valence-corrected chi connectivity index (χ3v) is 4.51. The Kier molecular flexibility index (Phi) is 4.77. The fourth-order valence-electron chi connectivity index (χ4n) is 2.64. The van der Waals surface area contributed by atoms with Gasteiger partial charge in [-0.25, -0.2) is 4.98 Å². The molecule has 0 radical (unpaired) electrons. The quantitative estimate of drug-likeness (QED) is 0.527. The highest BCUT2D eigenvalue weighted by Gasteiger charge is 2.27. The monoisotopic (exact) mass is 311 g/mol. The van der Waals surface area contributed by atoms with Gasteiger partial charge in [0.25, 0.3) is 11.6 Å². The molecule has 2 rings (SSSR count). The van der Waals surface area contributed by atoms with E-state index in [1.807, 2.05) is 0 Å². The number of aromatic nitrogens is 1. The zero-order chi connectivity index (χ0) is 15.6. The van der Waals surface area contributed by atoms with Gasteiger partial charge < -0.3 is 5.32 Å². The van der Waals surface area contributed by atoms with E-state index in [0.29, 0.717) is 11.8 Å². The summed E-state index contributed by atoms with van der Waals surface area (Å²) in [5, 5.41) is 13.6. The summed E-state index contributed by atoms with van der Waals surface area (Å²) in [5.74, 6) is 0.798. The maximum atomic E-state index is 12.2. The van der Waals surface area contributed by atoms with Crippen LogP contribution in [0.15, 0.2) is 12.3 Å². The van der Waals surface area contributed by atoms with Crippen LogP contribution < -0.4 is 5.32 Å². The van der Waals surface area contributed by atoms with Crippen LogP contribution in [0.25, 0.3) is 0 Å². The number of pyridine rings is 1. The van der Waals surface area contributed by atoms with Crippen LogP contribution in [0.1, 0.15) is 43.5 Å². The molecule has 1 N–H and O–H groups in total. The predicted octanol–water partition coefficient (Wildman–Crippen LogP) is 3.20. The number of hydrogen-bond acceptors (Lipinski definition) is 4. The minimum Gasteiger partial charge on any atom is -0.349 e. The number of rotatable bonds is 3. The van der Waals surface area contributed by atoms with Crippen molar-refractivity contribution in [3.05, 3.63) is 33.1 Å². The van der Waals surface area contributed by atoms with E-state index in [2.05, 4.69) is 24.1 Å². The van der Waals surface area contributed by atoms with Crippen LogP contribution in [-0.4, -0.2) is 21.9 Å². The summed E-state index contributed by atoms with van der Waals surface area (Å²) in [4.78, 5) is 26.1. The van der Waals surface area contributed by atoms with E-state index in [-0.39, 0.29) is 22.4 Å². The number of halogens is 1. The lowest BCUT2D eigenvalue weighted by Gasteiger charge is -2.32. The molecule has 1 aromatic rings. The van der Waals surface area contributed by atoms with Crippen LogP contribution in [0, 0.1) is 22.0 Å². The molecule has 0 aliphatic heterocycles. The maximum absolute atomic E-state index is 12.2. The molecule has 1 heterocycles. The molecule has 7 heteroatoms. The standard InChI is InChI=1S/C14H18ClN3O3/c1-8-3-4-10(5-9(8)2)17-14(19)12-6-11(18(20)21)7-16-13(12)15/h6-10H,3-5H2,1-2H3,(H,17,19). The smallest absolute Gasteiger partial charge is 0.288 e. The molecule has 3 atom stereocenters. The van der Waals surface area contributed by atoms with Gasteiger partial charge in [0.2, 0.25) is 0 Å². The van der Waals surface area contributed by atoms with Crippen molar-refractivity contribution >= 4 is 23.2 Å². The Balaban J connectivity index is 2.10. The van der Waals surface area contributed by atoms with Crippen molar-refractivity contribution in [2.75, 3.05) is 0 Å². The summed E-state index contributed by atoms with van der Waals surface area (Å²) in [6.07, 6.45) is 3.93. The molecule has 1 saturated carbocycles. The Morgan fingerprint density at radius 3 is 2.76 bits per heavy atom. The lowest BCUT2D eigenvalue weighted by Crippen LogP contribution is -2.40. The van der Waals surface area contributed by atoms with E-state index in [1.165, 1.54) is 6.07 Å². The van der Waals surface area contributed by atoms with Gasteiger partial charge in [-0.15, -0.1) is 0 Å². The van der Waals surface area contributed by atoms with Crippen LogP contribution in [0.2, 0.25) is 5.15 Å². The van der Waals surface area contributed by atoms with Crippen LogP contribution in [0.4, 0.5) is 5.69 Å². The number of nitro groups is 1. The first-order chi connectivity index (χ1) is 9.88. The van der Waals surface area contributed by atoms with Crippen molar-refractivity contribution in [3.63, 3.8) is 0 Å². The number of hydrogen-bond donors (Lipinski definition) is 1. The summed E-state index contributed by atoms with van der Waals surface area (Å²) < 4.78 is 0. The average molecular weight is 312 g/mol. The van der Waals surface area contributed by atoms with Gasteiger partial charge in [-0.05, 0) is 31.1 Å². The second-order valence-corrected chi connectivity index (χ2v) is 6.09. The zero-order valence-electron chi connectivity index (χ0n) is 12.0. The third kappa shape index (κ3) is 3.69. The third-order valence-electron chi connectivity index (χ3n) is 4.21. The molecule has 0 spiro atoms. The summed E-state index contributed by atoms with van der Waals surface area (Å²) in [6.45, 7) is 4.38. The van der Waals surface area contributed by atoms with E-state index in [0.717, 1.165) is 25.5 Å². The van der Waals surface area contributed by atoms with Gasteiger partial charge in [-0.3, -0.25) is 14.9 Å². The Bertz CT molecular complexity index is 564. The fourth-order valence-corrected chi connectivity index (χ4v) is 2.83. The Hall–Kier alpha value is -1.69. The summed E-state index contributed by atoms with van der Waals surface area (Å²) in [6, 6.07) is 1.25. The van der Waals surface area contributed by atoms with E-state index >= 15 is 0 Å². The van der Waals surface area contributed by atoms with Gasteiger partial charge in [-0.2, -0.15) is 0 Å². The first kappa shape index (κ1) is 15.7. The lowest BCUT2D eigenvalue weighted by atomic mass is 9.79. The van der Waals surface area contributed by atoms with Crippen molar-refractivity contribution in [1.29, 1.82) is 0 Å². The second kappa shape index (κ2) is 6.39. The number of carbonyl (C=O) groups is 1. The Labute approximate surface area is 128 Å². The molecule has 21 heavy (non-hydrogen) atoms. The highest BCUT2D eigenvalue weighted by molar-refractivity contribution is 6.32. The lowest BCUT2D eigenvalue weighted by molar-refractivity contribution is -0.385. The number of nitrogens with zero attached hydrogens (tertiary/aromatic N) is 2. The molecule has 1 aliphatic rings. The van der Waals surface area contributed by atoms with Crippen LogP contribution in [0.5, 0.6) is 0 Å². The van der Waals surface area contributed by atoms with Crippen molar-refractivity contribution < 1.29 is 9.72 Å². The molecular weight excluding hydrogens is 294 g/mol. The second-order valence-electron chi connectivity index (χ2n) is 5.73. The molecule has 114 valence electrons. The normalized spacial score (nSPS) is 25.4. The van der Waals surface area contributed by atoms with Crippen molar-refractivity contribution in [3.8, 4) is 0 Å². The van der Waals surface area contributed by atoms with E-state index in [4.69, 9.17) is 11.6 Å². The topological polar surface area (TPSA) is 85.1 Å². The SMILES string of the molecule is CC1CCC(NC(=O)c2cc([N+](=O)[O-])cnc2Cl)CC1C. The van der Waals surface area contributed by atoms with E-state index in [1.54, 1.807) is 0 Å².